The van der Waals surface area contributed by atoms with Crippen LogP contribution in [0.2, 0.25) is 0 Å². The fraction of sp³-hybridized carbons (Fsp3) is 0.828. The van der Waals surface area contributed by atoms with E-state index in [0.717, 1.165) is 32.1 Å². The average Bonchev–Trinajstić information content (AvgIpc) is 3.73. The van der Waals surface area contributed by atoms with Crippen LogP contribution in [0.25, 0.3) is 0 Å². The number of hydrogen-bond acceptors (Lipinski definition) is 6. The van der Waals surface area contributed by atoms with Crippen molar-refractivity contribution in [1.29, 1.82) is 0 Å². The van der Waals surface area contributed by atoms with Gasteiger partial charge in [-0.2, -0.15) is 0 Å². The van der Waals surface area contributed by atoms with Crippen LogP contribution in [0.3, 0.4) is 0 Å². The number of ketones is 1. The van der Waals surface area contributed by atoms with E-state index in [1.807, 2.05) is 20.8 Å². The van der Waals surface area contributed by atoms with Gasteiger partial charge in [0.25, 0.3) is 5.91 Å². The molecule has 5 atom stereocenters. The van der Waals surface area contributed by atoms with E-state index in [-0.39, 0.29) is 35.7 Å². The smallest absolute Gasteiger partial charge is 0.315 e. The normalized spacial score (nSPS) is 28.1. The third kappa shape index (κ3) is 6.14. The number of likely N-dealkylation sites (tertiary alicyclic amines) is 1. The predicted octanol–water partition coefficient (Wildman–Crippen LogP) is 1.22. The second kappa shape index (κ2) is 10.9. The van der Waals surface area contributed by atoms with E-state index >= 15 is 0 Å². The molecule has 0 aromatic rings. The molecule has 0 aromatic heterocycles. The number of carbonyl (C=O) groups is 5. The fourth-order valence-corrected chi connectivity index (χ4v) is 6.93. The first-order valence-electron chi connectivity index (χ1n) is 14.8. The number of carbonyl (C=O) groups excluding carboxylic acids is 5. The molecule has 1 heterocycles. The Morgan fingerprint density at radius 1 is 1.02 bits per heavy atom. The van der Waals surface area contributed by atoms with Crippen molar-refractivity contribution in [3.8, 4) is 0 Å². The summed E-state index contributed by atoms with van der Waals surface area (Å²) in [4.78, 5) is 66.7. The van der Waals surface area contributed by atoms with Gasteiger partial charge in [0.05, 0.1) is 18.2 Å². The molecule has 0 aromatic carbocycles. The molecule has 4 fully saturated rings. The molecule has 1 aliphatic heterocycles. The van der Waals surface area contributed by atoms with E-state index in [2.05, 4.69) is 29.8 Å². The number of nitrogens with zero attached hydrogens (tertiary/aromatic N) is 1. The highest BCUT2D eigenvalue weighted by Gasteiger charge is 2.70. The molecule has 6 N–H and O–H groups in total. The number of piperidine rings is 1. The molecule has 0 spiro atoms. The molecule has 11 nitrogen and oxygen atoms in total. The van der Waals surface area contributed by atoms with Crippen molar-refractivity contribution in [3.63, 3.8) is 0 Å². The molecule has 0 radical (unpaired) electrons. The number of rotatable bonds is 10. The van der Waals surface area contributed by atoms with Gasteiger partial charge in [-0.1, -0.05) is 66.7 Å². The van der Waals surface area contributed by atoms with Gasteiger partial charge in [-0.3, -0.25) is 19.2 Å². The van der Waals surface area contributed by atoms with Crippen LogP contribution in [-0.2, 0) is 19.2 Å². The second-order valence-electron chi connectivity index (χ2n) is 14.3. The molecule has 4 rings (SSSR count). The summed E-state index contributed by atoms with van der Waals surface area (Å²) < 4.78 is 0. The molecule has 0 bridgehead atoms. The van der Waals surface area contributed by atoms with Crippen LogP contribution in [0, 0.1) is 28.6 Å². The maximum atomic E-state index is 14.1. The van der Waals surface area contributed by atoms with Crippen LogP contribution < -0.4 is 21.7 Å². The quantitative estimate of drug-likeness (QED) is 0.251. The minimum absolute atomic E-state index is 0.101. The van der Waals surface area contributed by atoms with Gasteiger partial charge >= 0.3 is 6.03 Å². The van der Waals surface area contributed by atoms with E-state index in [4.69, 9.17) is 5.73 Å². The summed E-state index contributed by atoms with van der Waals surface area (Å²) in [7, 11) is 0. The topological polar surface area (TPSA) is 171 Å². The van der Waals surface area contributed by atoms with E-state index in [0.29, 0.717) is 25.8 Å². The number of amides is 5. The minimum atomic E-state index is -1.09. The van der Waals surface area contributed by atoms with Crippen molar-refractivity contribution >= 4 is 29.5 Å². The van der Waals surface area contributed by atoms with Gasteiger partial charge in [0.15, 0.2) is 0 Å². The molecule has 40 heavy (non-hydrogen) atoms. The number of nitrogens with two attached hydrogens (primary N) is 1. The Labute approximate surface area is 236 Å². The molecule has 11 heteroatoms. The molecular formula is C29H47N5O6. The fourth-order valence-electron chi connectivity index (χ4n) is 6.93. The summed E-state index contributed by atoms with van der Waals surface area (Å²) in [6, 6.07) is -3.29. The number of urea groups is 1. The van der Waals surface area contributed by atoms with Gasteiger partial charge < -0.3 is 31.7 Å². The second-order valence-corrected chi connectivity index (χ2v) is 14.3. The Hall–Kier alpha value is -2.69. The number of primary amides is 1. The molecule has 3 aliphatic carbocycles. The van der Waals surface area contributed by atoms with Gasteiger partial charge in [-0.05, 0) is 47.8 Å². The Bertz CT molecular complexity index is 1040. The summed E-state index contributed by atoms with van der Waals surface area (Å²) in [5.41, 5.74) is 3.73. The first-order chi connectivity index (χ1) is 18.6. The van der Waals surface area contributed by atoms with E-state index in [1.165, 1.54) is 4.90 Å². The van der Waals surface area contributed by atoms with Crippen molar-refractivity contribution in [3.05, 3.63) is 0 Å². The Morgan fingerprint density at radius 2 is 1.65 bits per heavy atom. The molecular weight excluding hydrogens is 514 g/mol. The van der Waals surface area contributed by atoms with Gasteiger partial charge in [0.2, 0.25) is 17.6 Å². The summed E-state index contributed by atoms with van der Waals surface area (Å²) in [5.74, 6) is -2.48. The maximum Gasteiger partial charge on any atom is 0.315 e. The van der Waals surface area contributed by atoms with Crippen LogP contribution in [0.1, 0.15) is 86.0 Å². The van der Waals surface area contributed by atoms with Crippen molar-refractivity contribution in [2.24, 2.45) is 34.3 Å². The summed E-state index contributed by atoms with van der Waals surface area (Å²) in [6.45, 7) is 9.87. The number of aliphatic hydroxyl groups excluding tert-OH is 1. The standard InChI is InChI=1S/C29H47N5O6/c1-27(2,3)22(32-26(40)33-29(15-35)11-7-6-8-12-29)25(39)34-14-17-19(28(17,4)5)20(34)24(38)31-18(13-16-9-10-16)21(36)23(30)37/h16-20,22,35H,6-15H2,1-5H3,(H2,30,37)(H,31,38)(H2,32,33,40)/t17?,18?,19?,20-,22+/m0/s1. The number of fused-ring (bicyclic) bond motifs is 1. The number of Topliss-reactive ketones (excluding diaryl/α,β-unsaturated/α-hetero) is 1. The largest absolute Gasteiger partial charge is 0.394 e. The van der Waals surface area contributed by atoms with Gasteiger partial charge in [-0.15, -0.1) is 0 Å². The number of aliphatic hydroxyl groups is 1. The Morgan fingerprint density at radius 3 is 2.17 bits per heavy atom. The van der Waals surface area contributed by atoms with Crippen molar-refractivity contribution in [2.75, 3.05) is 13.2 Å². The van der Waals surface area contributed by atoms with Crippen LogP contribution in [-0.4, -0.2) is 76.4 Å². The highest BCUT2D eigenvalue weighted by molar-refractivity contribution is 6.37. The molecule has 3 saturated carbocycles. The zero-order chi connectivity index (χ0) is 29.6. The zero-order valence-electron chi connectivity index (χ0n) is 24.5. The Balaban J connectivity index is 1.52. The number of nitrogens with one attached hydrogen (secondary N) is 3. The summed E-state index contributed by atoms with van der Waals surface area (Å²) >= 11 is 0. The average molecular weight is 562 g/mol. The third-order valence-electron chi connectivity index (χ3n) is 9.78. The first-order valence-corrected chi connectivity index (χ1v) is 14.8. The van der Waals surface area contributed by atoms with Crippen molar-refractivity contribution in [2.45, 2.75) is 110 Å². The molecule has 4 aliphatic rings. The Kier molecular flexibility index (Phi) is 8.28. The summed E-state index contributed by atoms with van der Waals surface area (Å²) in [5, 5.41) is 18.6. The lowest BCUT2D eigenvalue weighted by atomic mass is 9.82. The highest BCUT2D eigenvalue weighted by atomic mass is 16.3. The van der Waals surface area contributed by atoms with Crippen molar-refractivity contribution < 1.29 is 29.1 Å². The monoisotopic (exact) mass is 561 g/mol. The van der Waals surface area contributed by atoms with Crippen LogP contribution in [0.5, 0.6) is 0 Å². The lowest BCUT2D eigenvalue weighted by Crippen LogP contribution is -2.63. The first kappa shape index (κ1) is 30.3. The minimum Gasteiger partial charge on any atom is -0.394 e. The van der Waals surface area contributed by atoms with Gasteiger partial charge in [-0.25, -0.2) is 4.79 Å². The molecule has 3 unspecified atom stereocenters. The lowest BCUT2D eigenvalue weighted by molar-refractivity contribution is -0.145. The predicted molar refractivity (Wildman–Crippen MR) is 148 cm³/mol. The molecule has 1 saturated heterocycles. The van der Waals surface area contributed by atoms with Crippen LogP contribution in [0.15, 0.2) is 0 Å². The van der Waals surface area contributed by atoms with E-state index < -0.39 is 52.7 Å². The maximum absolute atomic E-state index is 14.1. The molecule has 224 valence electrons. The highest BCUT2D eigenvalue weighted by Crippen LogP contribution is 2.65. The molecule has 5 amide bonds. The van der Waals surface area contributed by atoms with Crippen molar-refractivity contribution in [1.82, 2.24) is 20.9 Å². The van der Waals surface area contributed by atoms with E-state index in [1.54, 1.807) is 0 Å². The van der Waals surface area contributed by atoms with Crippen LogP contribution >= 0.6 is 0 Å². The lowest BCUT2D eigenvalue weighted by Gasteiger charge is -2.40. The third-order valence-corrected chi connectivity index (χ3v) is 9.78. The van der Waals surface area contributed by atoms with Gasteiger partial charge in [0, 0.05) is 6.54 Å². The van der Waals surface area contributed by atoms with Crippen LogP contribution in [0.4, 0.5) is 4.79 Å². The zero-order valence-corrected chi connectivity index (χ0v) is 24.5. The van der Waals surface area contributed by atoms with E-state index in [9.17, 15) is 29.1 Å². The number of hydrogen-bond donors (Lipinski definition) is 5. The summed E-state index contributed by atoms with van der Waals surface area (Å²) in [6.07, 6.45) is 6.43. The van der Waals surface area contributed by atoms with Gasteiger partial charge in [0.1, 0.15) is 12.1 Å². The SMILES string of the molecule is CC1(C)C2CN(C(=O)[C@@H](NC(=O)NC3(CO)CCCCC3)C(C)(C)C)[C@H](C(=O)NC(CC3CC3)C(=O)C(N)=O)C21.